The van der Waals surface area contributed by atoms with Crippen LogP contribution in [0.2, 0.25) is 10.0 Å². The number of benzene rings is 1. The summed E-state index contributed by atoms with van der Waals surface area (Å²) >= 11 is 21.4. The molecule has 0 saturated carbocycles. The van der Waals surface area contributed by atoms with Gasteiger partial charge in [0.05, 0.1) is 16.6 Å². The highest BCUT2D eigenvalue weighted by Gasteiger charge is 2.15. The summed E-state index contributed by atoms with van der Waals surface area (Å²) in [5.74, 6) is 0.961. The molecule has 0 saturated heterocycles. The number of nitrogens with zero attached hydrogens (tertiary/aromatic N) is 3. The van der Waals surface area contributed by atoms with Gasteiger partial charge in [-0.3, -0.25) is 4.57 Å². The Bertz CT molecular complexity index is 801. The van der Waals surface area contributed by atoms with Gasteiger partial charge in [-0.1, -0.05) is 23.2 Å². The van der Waals surface area contributed by atoms with Crippen LogP contribution in [0.3, 0.4) is 0 Å². The zero-order chi connectivity index (χ0) is 14.3. The van der Waals surface area contributed by atoms with E-state index in [1.807, 2.05) is 16.7 Å². The number of hydrogen-bond acceptors (Lipinski definition) is 2. The molecule has 0 radical (unpaired) electrons. The van der Waals surface area contributed by atoms with E-state index in [0.717, 1.165) is 10.2 Å². The average Bonchev–Trinajstić information content (AvgIpc) is 2.76. The molecule has 102 valence electrons. The van der Waals surface area contributed by atoms with Gasteiger partial charge >= 0.3 is 0 Å². The maximum absolute atomic E-state index is 5.99. The number of hydrogen-bond donors (Lipinski definition) is 0. The topological polar surface area (TPSA) is 30.7 Å². The minimum atomic E-state index is 0.267. The fraction of sp³-hybridized carbons (Fsp3) is 0.0769. The molecule has 0 atom stereocenters. The van der Waals surface area contributed by atoms with Gasteiger partial charge in [0.25, 0.3) is 0 Å². The van der Waals surface area contributed by atoms with Crippen molar-refractivity contribution >= 4 is 61.9 Å². The zero-order valence-corrected chi connectivity index (χ0v) is 13.8. The summed E-state index contributed by atoms with van der Waals surface area (Å²) in [6, 6.07) is 7.28. The van der Waals surface area contributed by atoms with Crippen molar-refractivity contribution in [2.75, 3.05) is 0 Å². The molecule has 0 aliphatic rings. The van der Waals surface area contributed by atoms with Gasteiger partial charge in [0, 0.05) is 15.7 Å². The first-order valence-electron chi connectivity index (χ1n) is 5.64. The van der Waals surface area contributed by atoms with E-state index >= 15 is 0 Å². The minimum Gasteiger partial charge on any atom is -0.279 e. The molecule has 0 spiro atoms. The van der Waals surface area contributed by atoms with Crippen LogP contribution in [0.25, 0.3) is 16.9 Å². The van der Waals surface area contributed by atoms with Gasteiger partial charge in [-0.05, 0) is 40.2 Å². The van der Waals surface area contributed by atoms with Crippen LogP contribution in [-0.4, -0.2) is 14.5 Å². The number of rotatable bonds is 2. The summed E-state index contributed by atoms with van der Waals surface area (Å²) in [6.45, 7) is 0. The molecule has 0 N–H and O–H groups in total. The lowest BCUT2D eigenvalue weighted by Gasteiger charge is -2.09. The van der Waals surface area contributed by atoms with E-state index in [9.17, 15) is 0 Å². The molecule has 2 heterocycles. The Morgan fingerprint density at radius 1 is 1.15 bits per heavy atom. The van der Waals surface area contributed by atoms with Gasteiger partial charge in [-0.15, -0.1) is 11.6 Å². The summed E-state index contributed by atoms with van der Waals surface area (Å²) in [7, 11) is 0. The van der Waals surface area contributed by atoms with Gasteiger partial charge in [0.2, 0.25) is 0 Å². The van der Waals surface area contributed by atoms with E-state index in [-0.39, 0.29) is 5.88 Å². The molecule has 3 rings (SSSR count). The SMILES string of the molecule is ClCc1nc2cc(Cl)cnc2n1-c1ccc(Cl)cc1Br. The number of fused-ring (bicyclic) bond motifs is 1. The second kappa shape index (κ2) is 5.53. The van der Waals surface area contributed by atoms with Crippen molar-refractivity contribution in [1.29, 1.82) is 0 Å². The molecule has 0 unspecified atom stereocenters. The van der Waals surface area contributed by atoms with Crippen molar-refractivity contribution in [1.82, 2.24) is 14.5 Å². The third-order valence-corrected chi connectivity index (χ3v) is 4.12. The first-order valence-corrected chi connectivity index (χ1v) is 7.73. The highest BCUT2D eigenvalue weighted by molar-refractivity contribution is 9.10. The average molecular weight is 391 g/mol. The monoisotopic (exact) mass is 389 g/mol. The van der Waals surface area contributed by atoms with Gasteiger partial charge in [0.15, 0.2) is 5.65 Å². The minimum absolute atomic E-state index is 0.267. The fourth-order valence-electron chi connectivity index (χ4n) is 1.99. The van der Waals surface area contributed by atoms with Crippen LogP contribution < -0.4 is 0 Å². The second-order valence-corrected chi connectivity index (χ2v) is 6.08. The van der Waals surface area contributed by atoms with E-state index in [4.69, 9.17) is 34.8 Å². The number of pyridine rings is 1. The lowest BCUT2D eigenvalue weighted by atomic mass is 10.3. The number of alkyl halides is 1. The smallest absolute Gasteiger partial charge is 0.164 e. The van der Waals surface area contributed by atoms with E-state index in [0.29, 0.717) is 27.0 Å². The number of aromatic nitrogens is 3. The molecule has 3 aromatic rings. The summed E-state index contributed by atoms with van der Waals surface area (Å²) in [6.07, 6.45) is 1.59. The molecule has 0 aliphatic heterocycles. The predicted octanol–water partition coefficient (Wildman–Crippen LogP) is 5.23. The van der Waals surface area contributed by atoms with Crippen LogP contribution in [0, 0.1) is 0 Å². The lowest BCUT2D eigenvalue weighted by Crippen LogP contribution is -2.01. The van der Waals surface area contributed by atoms with Crippen LogP contribution in [-0.2, 0) is 5.88 Å². The van der Waals surface area contributed by atoms with E-state index in [2.05, 4.69) is 25.9 Å². The van der Waals surface area contributed by atoms with E-state index < -0.39 is 0 Å². The first kappa shape index (κ1) is 14.1. The van der Waals surface area contributed by atoms with Gasteiger partial charge in [-0.2, -0.15) is 0 Å². The third-order valence-electron chi connectivity index (χ3n) is 2.80. The molecule has 0 fully saturated rings. The molecule has 0 amide bonds. The maximum atomic E-state index is 5.99. The Labute approximate surface area is 138 Å². The van der Waals surface area contributed by atoms with Crippen molar-refractivity contribution in [2.45, 2.75) is 5.88 Å². The Morgan fingerprint density at radius 3 is 2.65 bits per heavy atom. The summed E-state index contributed by atoms with van der Waals surface area (Å²) in [5.41, 5.74) is 2.28. The normalized spacial score (nSPS) is 11.2. The van der Waals surface area contributed by atoms with Gasteiger partial charge in [-0.25, -0.2) is 9.97 Å². The summed E-state index contributed by atoms with van der Waals surface area (Å²) < 4.78 is 2.73. The molecule has 0 aliphatic carbocycles. The van der Waals surface area contributed by atoms with Crippen LogP contribution >= 0.6 is 50.7 Å². The Balaban J connectivity index is 2.34. The highest BCUT2D eigenvalue weighted by Crippen LogP contribution is 2.29. The molecule has 1 aromatic carbocycles. The number of imidazole rings is 1. The van der Waals surface area contributed by atoms with Gasteiger partial charge < -0.3 is 0 Å². The lowest BCUT2D eigenvalue weighted by molar-refractivity contribution is 0.965. The quantitative estimate of drug-likeness (QED) is 0.560. The van der Waals surface area contributed by atoms with E-state index in [1.165, 1.54) is 0 Å². The summed E-state index contributed by atoms with van der Waals surface area (Å²) in [4.78, 5) is 8.81. The molecule has 2 aromatic heterocycles. The van der Waals surface area contributed by atoms with E-state index in [1.54, 1.807) is 18.3 Å². The van der Waals surface area contributed by atoms with Crippen LogP contribution in [0.5, 0.6) is 0 Å². The van der Waals surface area contributed by atoms with Crippen molar-refractivity contribution in [3.8, 4) is 5.69 Å². The van der Waals surface area contributed by atoms with Gasteiger partial charge in [0.1, 0.15) is 11.3 Å². The molecular formula is C13H7BrCl3N3. The first-order chi connectivity index (χ1) is 9.60. The fourth-order valence-corrected chi connectivity index (χ4v) is 3.18. The molecule has 0 bridgehead atoms. The van der Waals surface area contributed by atoms with Crippen molar-refractivity contribution < 1.29 is 0 Å². The molecular weight excluding hydrogens is 384 g/mol. The number of halogens is 4. The predicted molar refractivity (Wildman–Crippen MR) is 86.1 cm³/mol. The molecule has 7 heteroatoms. The third kappa shape index (κ3) is 2.42. The van der Waals surface area contributed by atoms with Crippen molar-refractivity contribution in [3.05, 3.63) is 50.8 Å². The maximum Gasteiger partial charge on any atom is 0.164 e. The largest absolute Gasteiger partial charge is 0.279 e. The van der Waals surface area contributed by atoms with Crippen molar-refractivity contribution in [3.63, 3.8) is 0 Å². The van der Waals surface area contributed by atoms with Crippen LogP contribution in [0.15, 0.2) is 34.9 Å². The zero-order valence-electron chi connectivity index (χ0n) is 9.95. The standard InChI is InChI=1S/C13H7BrCl3N3/c14-9-3-7(16)1-2-11(9)20-12(5-15)19-10-4-8(17)6-18-13(10)20/h1-4,6H,5H2. The molecule has 20 heavy (non-hydrogen) atoms. The van der Waals surface area contributed by atoms with Crippen LogP contribution in [0.4, 0.5) is 0 Å². The Hall–Kier alpha value is -0.810. The highest BCUT2D eigenvalue weighted by atomic mass is 79.9. The van der Waals surface area contributed by atoms with Crippen LogP contribution in [0.1, 0.15) is 5.82 Å². The second-order valence-electron chi connectivity index (χ2n) is 4.09. The summed E-state index contributed by atoms with van der Waals surface area (Å²) in [5, 5.41) is 1.19. The Morgan fingerprint density at radius 2 is 1.95 bits per heavy atom. The van der Waals surface area contributed by atoms with Crippen molar-refractivity contribution in [2.24, 2.45) is 0 Å². The Kier molecular flexibility index (Phi) is 3.91. The molecule has 3 nitrogen and oxygen atoms in total.